The molecule has 0 N–H and O–H groups in total. The molecule has 0 amide bonds. The molecule has 0 saturated heterocycles. The molecular weight excluding hydrogens is 298 g/mol. The predicted octanol–water partition coefficient (Wildman–Crippen LogP) is 4.96. The first-order chi connectivity index (χ1) is 8.06. The lowest BCUT2D eigenvalue weighted by Crippen LogP contribution is -2.42. The van der Waals surface area contributed by atoms with Crippen molar-refractivity contribution >= 4 is 0 Å². The van der Waals surface area contributed by atoms with Gasteiger partial charge in [0.25, 0.3) is 0 Å². The van der Waals surface area contributed by atoms with Crippen LogP contribution >= 0.6 is 0 Å². The third-order valence-electron chi connectivity index (χ3n) is 2.13. The Morgan fingerprint density at radius 2 is 1.26 bits per heavy atom. The van der Waals surface area contributed by atoms with E-state index in [1.165, 1.54) is 0 Å². The molecule has 0 rings (SSSR count). The van der Waals surface area contributed by atoms with Gasteiger partial charge in [-0.3, -0.25) is 0 Å². The third kappa shape index (κ3) is 6.15. The quantitative estimate of drug-likeness (QED) is 0.510. The molecule has 0 aliphatic carbocycles. The fraction of sp³-hybridized carbons (Fsp3) is 0.778. The van der Waals surface area contributed by atoms with Gasteiger partial charge in [0.05, 0.1) is 5.92 Å². The molecule has 114 valence electrons. The number of alkyl halides is 10. The molecule has 0 fully saturated rings. The van der Waals surface area contributed by atoms with Gasteiger partial charge < -0.3 is 0 Å². The highest BCUT2D eigenvalue weighted by molar-refractivity contribution is 5.00. The van der Waals surface area contributed by atoms with Crippen LogP contribution in [0.2, 0.25) is 0 Å². The van der Waals surface area contributed by atoms with E-state index < -0.39 is 48.7 Å². The zero-order valence-electron chi connectivity index (χ0n) is 9.22. The average Bonchev–Trinajstić information content (AvgIpc) is 2.06. The highest BCUT2D eigenvalue weighted by Crippen LogP contribution is 2.43. The Balaban J connectivity index is 5.18. The Labute approximate surface area is 101 Å². The van der Waals surface area contributed by atoms with Crippen LogP contribution in [0.5, 0.6) is 0 Å². The number of hydrogen-bond acceptors (Lipinski definition) is 0. The monoisotopic (exact) mass is 306 g/mol. The maximum Gasteiger partial charge on any atom is 0.422 e. The topological polar surface area (TPSA) is 0 Å². The lowest BCUT2D eigenvalue weighted by Gasteiger charge is -2.28. The fourth-order valence-electron chi connectivity index (χ4n) is 1.05. The van der Waals surface area contributed by atoms with Gasteiger partial charge in [0.1, 0.15) is 0 Å². The Morgan fingerprint density at radius 3 is 1.53 bits per heavy atom. The number of halogens is 10. The van der Waals surface area contributed by atoms with Gasteiger partial charge in [0.2, 0.25) is 5.67 Å². The Hall–Kier alpha value is -0.960. The van der Waals surface area contributed by atoms with E-state index in [4.69, 9.17) is 0 Å². The molecule has 2 atom stereocenters. The Bertz CT molecular complexity index is 315. The molecule has 0 aromatic heterocycles. The van der Waals surface area contributed by atoms with E-state index >= 15 is 0 Å². The molecule has 0 heterocycles. The second-order valence-corrected chi connectivity index (χ2v) is 3.95. The van der Waals surface area contributed by atoms with Gasteiger partial charge in [-0.15, -0.1) is 0 Å². The van der Waals surface area contributed by atoms with Crippen LogP contribution in [0.4, 0.5) is 43.9 Å². The van der Waals surface area contributed by atoms with Crippen molar-refractivity contribution in [3.8, 4) is 0 Å². The molecule has 2 unspecified atom stereocenters. The fourth-order valence-corrected chi connectivity index (χ4v) is 1.05. The van der Waals surface area contributed by atoms with Crippen LogP contribution in [0.25, 0.3) is 0 Å². The summed E-state index contributed by atoms with van der Waals surface area (Å²) >= 11 is 0. The van der Waals surface area contributed by atoms with Crippen LogP contribution in [0.3, 0.4) is 0 Å². The minimum atomic E-state index is -5.61. The van der Waals surface area contributed by atoms with Crippen molar-refractivity contribution in [3.63, 3.8) is 0 Å². The molecule has 0 nitrogen and oxygen atoms in total. The average molecular weight is 306 g/mol. The van der Waals surface area contributed by atoms with Crippen LogP contribution in [-0.2, 0) is 0 Å². The maximum absolute atomic E-state index is 13.1. The van der Waals surface area contributed by atoms with Crippen molar-refractivity contribution in [2.24, 2.45) is 5.92 Å². The van der Waals surface area contributed by atoms with Gasteiger partial charge >= 0.3 is 18.5 Å². The van der Waals surface area contributed by atoms with Crippen molar-refractivity contribution in [2.75, 3.05) is 0 Å². The lowest BCUT2D eigenvalue weighted by atomic mass is 9.92. The molecular formula is C9H8F10. The zero-order valence-corrected chi connectivity index (χ0v) is 9.22. The summed E-state index contributed by atoms with van der Waals surface area (Å²) in [6.07, 6.45) is -19.7. The Kier molecular flexibility index (Phi) is 4.94. The number of rotatable bonds is 3. The molecule has 0 saturated carbocycles. The van der Waals surface area contributed by atoms with E-state index in [1.807, 2.05) is 0 Å². The molecule has 0 aromatic rings. The summed E-state index contributed by atoms with van der Waals surface area (Å²) in [6, 6.07) is 0. The van der Waals surface area contributed by atoms with Crippen molar-refractivity contribution in [1.82, 2.24) is 0 Å². The van der Waals surface area contributed by atoms with E-state index in [0.717, 1.165) is 0 Å². The van der Waals surface area contributed by atoms with Gasteiger partial charge in [0.15, 0.2) is 0 Å². The minimum Gasteiger partial charge on any atom is -0.234 e. The van der Waals surface area contributed by atoms with Gasteiger partial charge in [-0.05, 0) is 6.92 Å². The summed E-state index contributed by atoms with van der Waals surface area (Å²) in [6.45, 7) is -0.160. The first kappa shape index (κ1) is 18.0. The minimum absolute atomic E-state index is 0.160. The largest absolute Gasteiger partial charge is 0.422 e. The van der Waals surface area contributed by atoms with Gasteiger partial charge in [0, 0.05) is 12.5 Å². The summed E-state index contributed by atoms with van der Waals surface area (Å²) in [5.74, 6) is -3.19. The van der Waals surface area contributed by atoms with Crippen molar-refractivity contribution < 1.29 is 43.9 Å². The van der Waals surface area contributed by atoms with E-state index in [2.05, 4.69) is 0 Å². The maximum atomic E-state index is 13.1. The van der Waals surface area contributed by atoms with E-state index in [1.54, 1.807) is 0 Å². The van der Waals surface area contributed by atoms with Crippen molar-refractivity contribution in [2.45, 2.75) is 37.5 Å². The van der Waals surface area contributed by atoms with Crippen molar-refractivity contribution in [3.05, 3.63) is 12.2 Å². The van der Waals surface area contributed by atoms with E-state index in [9.17, 15) is 43.9 Å². The number of hydrogen-bond donors (Lipinski definition) is 0. The molecule has 0 spiro atoms. The molecule has 0 aliphatic rings. The summed E-state index contributed by atoms with van der Waals surface area (Å²) in [7, 11) is 0. The zero-order chi connectivity index (χ0) is 15.7. The highest BCUT2D eigenvalue weighted by atomic mass is 19.4. The van der Waals surface area contributed by atoms with Crippen LogP contribution in [-0.4, -0.2) is 24.2 Å². The van der Waals surface area contributed by atoms with Gasteiger partial charge in [-0.1, -0.05) is 6.08 Å². The first-order valence-electron chi connectivity index (χ1n) is 4.65. The SMILES string of the molecule is CC(F)(CC(/C=C\C(F)(F)F)C(F)(F)F)C(F)(F)F. The van der Waals surface area contributed by atoms with E-state index in [-0.39, 0.29) is 6.92 Å². The first-order valence-corrected chi connectivity index (χ1v) is 4.65. The highest BCUT2D eigenvalue weighted by Gasteiger charge is 2.56. The smallest absolute Gasteiger partial charge is 0.234 e. The standard InChI is InChI=1S/C9H8F10/c1-6(10,9(17,18)19)4-5(8(14,15)16)2-3-7(11,12)13/h2-3,5H,4H2,1H3/b3-2-. The summed E-state index contributed by atoms with van der Waals surface area (Å²) in [5.41, 5.74) is -4.25. The molecule has 0 aromatic carbocycles. The molecule has 10 heteroatoms. The molecule has 0 bridgehead atoms. The summed E-state index contributed by atoms with van der Waals surface area (Å²) < 4.78 is 121. The molecule has 19 heavy (non-hydrogen) atoms. The summed E-state index contributed by atoms with van der Waals surface area (Å²) in [4.78, 5) is 0. The van der Waals surface area contributed by atoms with E-state index in [0.29, 0.717) is 0 Å². The predicted molar refractivity (Wildman–Crippen MR) is 44.9 cm³/mol. The lowest BCUT2D eigenvalue weighted by molar-refractivity contribution is -0.243. The Morgan fingerprint density at radius 1 is 0.842 bits per heavy atom. The number of allylic oxidation sites excluding steroid dienone is 2. The van der Waals surface area contributed by atoms with Crippen LogP contribution < -0.4 is 0 Å². The van der Waals surface area contributed by atoms with Crippen LogP contribution in [0.15, 0.2) is 12.2 Å². The normalized spacial score (nSPS) is 19.5. The molecule has 0 radical (unpaired) electrons. The second kappa shape index (κ2) is 5.20. The third-order valence-corrected chi connectivity index (χ3v) is 2.13. The van der Waals surface area contributed by atoms with Crippen LogP contribution in [0.1, 0.15) is 13.3 Å². The van der Waals surface area contributed by atoms with Crippen molar-refractivity contribution in [1.29, 1.82) is 0 Å². The van der Waals surface area contributed by atoms with Crippen LogP contribution in [0, 0.1) is 5.92 Å². The summed E-state index contributed by atoms with van der Waals surface area (Å²) in [5, 5.41) is 0. The van der Waals surface area contributed by atoms with Gasteiger partial charge in [-0.25, -0.2) is 4.39 Å². The van der Waals surface area contributed by atoms with Gasteiger partial charge in [-0.2, -0.15) is 39.5 Å². The second-order valence-electron chi connectivity index (χ2n) is 3.95. The molecule has 0 aliphatic heterocycles.